The number of fused-ring (bicyclic) bond motifs is 1. The van der Waals surface area contributed by atoms with Gasteiger partial charge in [0.1, 0.15) is 0 Å². The number of benzene rings is 2. The van der Waals surface area contributed by atoms with Crippen LogP contribution in [0.25, 0.3) is 10.9 Å². The molecular weight excluding hydrogens is 350 g/mol. The number of aryl methyl sites for hydroxylation is 2. The molecule has 0 spiro atoms. The molecule has 0 saturated carbocycles. The van der Waals surface area contributed by atoms with E-state index < -0.39 is 0 Å². The van der Waals surface area contributed by atoms with E-state index in [1.54, 1.807) is 0 Å². The van der Waals surface area contributed by atoms with Crippen LogP contribution in [0.15, 0.2) is 48.7 Å². The number of hydrogen-bond donors (Lipinski definition) is 1. The second-order valence-corrected chi connectivity index (χ2v) is 7.51. The Kier molecular flexibility index (Phi) is 4.90. The quantitative estimate of drug-likeness (QED) is 0.764. The number of carbonyl (C=O) groups excluding carboxylic acids is 2. The molecule has 0 atom stereocenters. The van der Waals surface area contributed by atoms with E-state index in [-0.39, 0.29) is 11.8 Å². The third-order valence-electron chi connectivity index (χ3n) is 5.69. The summed E-state index contributed by atoms with van der Waals surface area (Å²) in [5.74, 6) is 0.162. The van der Waals surface area contributed by atoms with Crippen LogP contribution in [0.3, 0.4) is 0 Å². The van der Waals surface area contributed by atoms with Gasteiger partial charge < -0.3 is 14.8 Å². The van der Waals surface area contributed by atoms with E-state index in [1.807, 2.05) is 72.3 Å². The van der Waals surface area contributed by atoms with E-state index in [2.05, 4.69) is 4.98 Å². The Morgan fingerprint density at radius 1 is 0.929 bits per heavy atom. The number of carbonyl (C=O) groups is 2. The van der Waals surface area contributed by atoms with Gasteiger partial charge in [0.25, 0.3) is 5.91 Å². The zero-order valence-corrected chi connectivity index (χ0v) is 16.4. The lowest BCUT2D eigenvalue weighted by Crippen LogP contribution is -2.51. The Balaban J connectivity index is 1.37. The number of nitrogens with one attached hydrogen (secondary N) is 1. The highest BCUT2D eigenvalue weighted by Gasteiger charge is 2.25. The molecule has 5 nitrogen and oxygen atoms in total. The van der Waals surface area contributed by atoms with Crippen molar-refractivity contribution < 1.29 is 9.59 Å². The second kappa shape index (κ2) is 7.50. The standard InChI is InChI=1S/C23H25N3O2/c1-16-7-8-18(13-17(16)2)23(28)26-11-9-25(10-12-26)22(27)14-19-15-24-21-6-4-3-5-20(19)21/h3-8,13,15,24H,9-12,14H2,1-2H3. The van der Waals surface area contributed by atoms with Gasteiger partial charge in [-0.15, -0.1) is 0 Å². The molecule has 5 heteroatoms. The Hall–Kier alpha value is -3.08. The number of nitrogens with zero attached hydrogens (tertiary/aromatic N) is 2. The highest BCUT2D eigenvalue weighted by Crippen LogP contribution is 2.19. The van der Waals surface area contributed by atoms with E-state index in [4.69, 9.17) is 0 Å². The SMILES string of the molecule is Cc1ccc(C(=O)N2CCN(C(=O)Cc3c[nH]c4ccccc34)CC2)cc1C. The predicted molar refractivity (Wildman–Crippen MR) is 110 cm³/mol. The van der Waals surface area contributed by atoms with Crippen molar-refractivity contribution in [3.8, 4) is 0 Å². The second-order valence-electron chi connectivity index (χ2n) is 7.51. The van der Waals surface area contributed by atoms with Crippen LogP contribution < -0.4 is 0 Å². The molecule has 1 aromatic heterocycles. The minimum atomic E-state index is 0.0480. The number of hydrogen-bond acceptors (Lipinski definition) is 2. The number of rotatable bonds is 3. The van der Waals surface area contributed by atoms with E-state index in [0.717, 1.165) is 27.6 Å². The lowest BCUT2D eigenvalue weighted by molar-refractivity contribution is -0.131. The number of H-pyrrole nitrogens is 1. The largest absolute Gasteiger partial charge is 0.361 e. The summed E-state index contributed by atoms with van der Waals surface area (Å²) < 4.78 is 0. The van der Waals surface area contributed by atoms with Crippen molar-refractivity contribution in [3.05, 3.63) is 70.9 Å². The molecule has 1 N–H and O–H groups in total. The average molecular weight is 375 g/mol. The van der Waals surface area contributed by atoms with Gasteiger partial charge in [0.15, 0.2) is 0 Å². The fourth-order valence-electron chi connectivity index (χ4n) is 3.77. The Morgan fingerprint density at radius 3 is 2.39 bits per heavy atom. The lowest BCUT2D eigenvalue weighted by atomic mass is 10.1. The van der Waals surface area contributed by atoms with Crippen LogP contribution in [0.1, 0.15) is 27.0 Å². The fraction of sp³-hybridized carbons (Fsp3) is 0.304. The highest BCUT2D eigenvalue weighted by molar-refractivity contribution is 5.95. The van der Waals surface area contributed by atoms with Gasteiger partial charge >= 0.3 is 0 Å². The molecule has 1 saturated heterocycles. The van der Waals surface area contributed by atoms with Crippen molar-refractivity contribution in [2.24, 2.45) is 0 Å². The Morgan fingerprint density at radius 2 is 1.64 bits per heavy atom. The molecule has 28 heavy (non-hydrogen) atoms. The third-order valence-corrected chi connectivity index (χ3v) is 5.69. The van der Waals surface area contributed by atoms with Crippen molar-refractivity contribution >= 4 is 22.7 Å². The van der Waals surface area contributed by atoms with Crippen LogP contribution in [-0.2, 0) is 11.2 Å². The molecule has 144 valence electrons. The minimum Gasteiger partial charge on any atom is -0.361 e. The molecular formula is C23H25N3O2. The molecule has 0 radical (unpaired) electrons. The Labute approximate surface area is 165 Å². The summed E-state index contributed by atoms with van der Waals surface area (Å²) in [6.07, 6.45) is 2.30. The fourth-order valence-corrected chi connectivity index (χ4v) is 3.77. The van der Waals surface area contributed by atoms with E-state index in [1.165, 1.54) is 5.56 Å². The van der Waals surface area contributed by atoms with Crippen LogP contribution in [0.5, 0.6) is 0 Å². The molecule has 1 aliphatic rings. The first-order valence-electron chi connectivity index (χ1n) is 9.72. The number of piperazine rings is 1. The maximum Gasteiger partial charge on any atom is 0.253 e. The summed E-state index contributed by atoms with van der Waals surface area (Å²) in [6.45, 7) is 6.38. The van der Waals surface area contributed by atoms with Crippen molar-refractivity contribution in [2.45, 2.75) is 20.3 Å². The maximum absolute atomic E-state index is 12.8. The molecule has 2 aromatic carbocycles. The van der Waals surface area contributed by atoms with Gasteiger partial charge in [0.2, 0.25) is 5.91 Å². The van der Waals surface area contributed by atoms with Gasteiger partial charge in [-0.25, -0.2) is 0 Å². The first-order chi connectivity index (χ1) is 13.5. The molecule has 0 aliphatic carbocycles. The van der Waals surface area contributed by atoms with Gasteiger partial charge in [0, 0.05) is 48.8 Å². The predicted octanol–water partition coefficient (Wildman–Crippen LogP) is 3.31. The van der Waals surface area contributed by atoms with E-state index in [0.29, 0.717) is 32.6 Å². The maximum atomic E-state index is 12.8. The molecule has 1 fully saturated rings. The van der Waals surface area contributed by atoms with Crippen molar-refractivity contribution in [3.63, 3.8) is 0 Å². The zero-order chi connectivity index (χ0) is 19.7. The molecule has 0 bridgehead atoms. The van der Waals surface area contributed by atoms with Crippen LogP contribution in [0, 0.1) is 13.8 Å². The summed E-state index contributed by atoms with van der Waals surface area (Å²) in [5, 5.41) is 1.10. The number of aromatic amines is 1. The van der Waals surface area contributed by atoms with Gasteiger partial charge in [-0.3, -0.25) is 9.59 Å². The summed E-state index contributed by atoms with van der Waals surface area (Å²) >= 11 is 0. The molecule has 4 rings (SSSR count). The molecule has 1 aliphatic heterocycles. The summed E-state index contributed by atoms with van der Waals surface area (Å²) in [4.78, 5) is 32.4. The highest BCUT2D eigenvalue weighted by atomic mass is 16.2. The van der Waals surface area contributed by atoms with Crippen molar-refractivity contribution in [1.82, 2.24) is 14.8 Å². The molecule has 3 aromatic rings. The first kappa shape index (κ1) is 18.3. The first-order valence-corrected chi connectivity index (χ1v) is 9.72. The number of aromatic nitrogens is 1. The lowest BCUT2D eigenvalue weighted by Gasteiger charge is -2.35. The normalized spacial score (nSPS) is 14.5. The summed E-state index contributed by atoms with van der Waals surface area (Å²) in [5.41, 5.74) is 5.10. The minimum absolute atomic E-state index is 0.0480. The van der Waals surface area contributed by atoms with E-state index >= 15 is 0 Å². The molecule has 0 unspecified atom stereocenters. The monoisotopic (exact) mass is 375 g/mol. The zero-order valence-electron chi connectivity index (χ0n) is 16.4. The van der Waals surface area contributed by atoms with Crippen LogP contribution in [0.4, 0.5) is 0 Å². The van der Waals surface area contributed by atoms with Crippen LogP contribution in [0.2, 0.25) is 0 Å². The van der Waals surface area contributed by atoms with Gasteiger partial charge in [-0.1, -0.05) is 24.3 Å². The number of amides is 2. The van der Waals surface area contributed by atoms with E-state index in [9.17, 15) is 9.59 Å². The third kappa shape index (κ3) is 3.52. The van der Waals surface area contributed by atoms with Crippen molar-refractivity contribution in [1.29, 1.82) is 0 Å². The summed E-state index contributed by atoms with van der Waals surface area (Å²) in [6, 6.07) is 13.8. The smallest absolute Gasteiger partial charge is 0.253 e. The van der Waals surface area contributed by atoms with Gasteiger partial charge in [-0.2, -0.15) is 0 Å². The van der Waals surface area contributed by atoms with Gasteiger partial charge in [0.05, 0.1) is 6.42 Å². The van der Waals surface area contributed by atoms with Crippen LogP contribution >= 0.6 is 0 Å². The molecule has 2 amide bonds. The van der Waals surface area contributed by atoms with Crippen molar-refractivity contribution in [2.75, 3.05) is 26.2 Å². The number of para-hydroxylation sites is 1. The summed E-state index contributed by atoms with van der Waals surface area (Å²) in [7, 11) is 0. The Bertz CT molecular complexity index is 1030. The van der Waals surface area contributed by atoms with Crippen LogP contribution in [-0.4, -0.2) is 52.8 Å². The van der Waals surface area contributed by atoms with Gasteiger partial charge in [-0.05, 0) is 48.7 Å². The average Bonchev–Trinajstić information content (AvgIpc) is 3.12. The topological polar surface area (TPSA) is 56.4 Å². The molecule has 2 heterocycles.